The largest absolute Gasteiger partial charge is 0.344 e. The summed E-state index contributed by atoms with van der Waals surface area (Å²) in [5.74, 6) is -0.0542. The summed E-state index contributed by atoms with van der Waals surface area (Å²) >= 11 is 0. The number of hydrogen-bond donors (Lipinski definition) is 1. The first-order valence-electron chi connectivity index (χ1n) is 2.84. The zero-order valence-corrected chi connectivity index (χ0v) is 5.51. The van der Waals surface area contributed by atoms with E-state index in [1.807, 2.05) is 6.07 Å². The Balaban J connectivity index is 3.02. The van der Waals surface area contributed by atoms with Gasteiger partial charge in [-0.15, -0.1) is 0 Å². The summed E-state index contributed by atoms with van der Waals surface area (Å²) < 4.78 is 0. The number of ketones is 1. The Hall–Kier alpha value is -1.56. The van der Waals surface area contributed by atoms with E-state index in [2.05, 4.69) is 4.98 Å². The number of nitriles is 1. The van der Waals surface area contributed by atoms with Crippen molar-refractivity contribution in [3.8, 4) is 6.07 Å². The summed E-state index contributed by atoms with van der Waals surface area (Å²) in [6, 6.07) is 5.07. The number of rotatable bonds is 1. The summed E-state index contributed by atoms with van der Waals surface area (Å²) in [6.45, 7) is 1.45. The number of Topliss-reactive ketones (excluding diaryl/α,β-unsaturated/α-hetero) is 1. The summed E-state index contributed by atoms with van der Waals surface area (Å²) in [5.41, 5.74) is 0.904. The highest BCUT2D eigenvalue weighted by atomic mass is 16.1. The zero-order chi connectivity index (χ0) is 7.56. The smallest absolute Gasteiger partial charge is 0.175 e. The van der Waals surface area contributed by atoms with Gasteiger partial charge in [0.05, 0.1) is 5.69 Å². The molecule has 50 valence electrons. The number of aromatic nitrogens is 1. The molecule has 0 amide bonds. The van der Waals surface area contributed by atoms with E-state index in [1.54, 1.807) is 12.1 Å². The predicted octanol–water partition coefficient (Wildman–Crippen LogP) is 1.09. The Morgan fingerprint density at radius 3 is 2.70 bits per heavy atom. The van der Waals surface area contributed by atoms with Crippen LogP contribution in [0.15, 0.2) is 12.1 Å². The first-order valence-corrected chi connectivity index (χ1v) is 2.84. The van der Waals surface area contributed by atoms with Crippen LogP contribution in [0.2, 0.25) is 0 Å². The maximum atomic E-state index is 10.6. The van der Waals surface area contributed by atoms with E-state index >= 15 is 0 Å². The van der Waals surface area contributed by atoms with Gasteiger partial charge in [-0.25, -0.2) is 0 Å². The average molecular weight is 134 g/mol. The molecule has 0 aromatic carbocycles. The molecule has 0 bridgehead atoms. The molecule has 1 aromatic heterocycles. The average Bonchev–Trinajstić information content (AvgIpc) is 2.34. The molecule has 0 fully saturated rings. The normalized spacial score (nSPS) is 8.80. The fourth-order valence-electron chi connectivity index (χ4n) is 0.666. The standard InChI is InChI=1S/C7H6N2O/c1-5(10)7-3-2-6(4-8)9-7/h2-3,9H,1H3. The van der Waals surface area contributed by atoms with Gasteiger partial charge in [0, 0.05) is 6.92 Å². The molecule has 0 spiro atoms. The van der Waals surface area contributed by atoms with Crippen LogP contribution >= 0.6 is 0 Å². The topological polar surface area (TPSA) is 56.6 Å². The molecule has 0 aliphatic rings. The van der Waals surface area contributed by atoms with Crippen molar-refractivity contribution in [2.24, 2.45) is 0 Å². The fraction of sp³-hybridized carbons (Fsp3) is 0.143. The molecule has 0 unspecified atom stereocenters. The second-order valence-electron chi connectivity index (χ2n) is 1.95. The Kier molecular flexibility index (Phi) is 1.55. The maximum absolute atomic E-state index is 10.6. The Morgan fingerprint density at radius 2 is 2.40 bits per heavy atom. The van der Waals surface area contributed by atoms with Gasteiger partial charge in [-0.1, -0.05) is 0 Å². The minimum absolute atomic E-state index is 0.0542. The van der Waals surface area contributed by atoms with E-state index < -0.39 is 0 Å². The monoisotopic (exact) mass is 134 g/mol. The summed E-state index contributed by atoms with van der Waals surface area (Å²) in [4.78, 5) is 13.3. The minimum Gasteiger partial charge on any atom is -0.344 e. The number of nitrogens with one attached hydrogen (secondary N) is 1. The van der Waals surface area contributed by atoms with Gasteiger partial charge in [-0.3, -0.25) is 4.79 Å². The lowest BCUT2D eigenvalue weighted by Gasteiger charge is -1.83. The third-order valence-corrected chi connectivity index (χ3v) is 1.19. The quantitative estimate of drug-likeness (QED) is 0.584. The van der Waals surface area contributed by atoms with E-state index in [1.165, 1.54) is 6.92 Å². The van der Waals surface area contributed by atoms with Crippen LogP contribution in [0, 0.1) is 11.3 Å². The molecular weight excluding hydrogens is 128 g/mol. The number of aromatic amines is 1. The van der Waals surface area contributed by atoms with Crippen molar-refractivity contribution in [1.29, 1.82) is 5.26 Å². The number of carbonyl (C=O) groups is 1. The Bertz CT molecular complexity index is 293. The summed E-state index contributed by atoms with van der Waals surface area (Å²) in [5, 5.41) is 8.34. The molecule has 0 aliphatic carbocycles. The van der Waals surface area contributed by atoms with Gasteiger partial charge < -0.3 is 4.98 Å². The van der Waals surface area contributed by atoms with Gasteiger partial charge in [-0.2, -0.15) is 5.26 Å². The Labute approximate surface area is 58.3 Å². The maximum Gasteiger partial charge on any atom is 0.175 e. The molecule has 0 saturated carbocycles. The van der Waals surface area contributed by atoms with Crippen molar-refractivity contribution < 1.29 is 4.79 Å². The second-order valence-corrected chi connectivity index (χ2v) is 1.95. The van der Waals surface area contributed by atoms with E-state index in [9.17, 15) is 4.79 Å². The van der Waals surface area contributed by atoms with Gasteiger partial charge >= 0.3 is 0 Å². The third kappa shape index (κ3) is 1.06. The van der Waals surface area contributed by atoms with Crippen molar-refractivity contribution in [1.82, 2.24) is 4.98 Å². The first-order chi connectivity index (χ1) is 4.74. The summed E-state index contributed by atoms with van der Waals surface area (Å²) in [6.07, 6.45) is 0. The lowest BCUT2D eigenvalue weighted by atomic mass is 10.3. The van der Waals surface area contributed by atoms with Crippen molar-refractivity contribution in [2.45, 2.75) is 6.92 Å². The van der Waals surface area contributed by atoms with Crippen LogP contribution in [0.4, 0.5) is 0 Å². The number of H-pyrrole nitrogens is 1. The van der Waals surface area contributed by atoms with Crippen LogP contribution in [0.3, 0.4) is 0 Å². The van der Waals surface area contributed by atoms with Gasteiger partial charge in [0.15, 0.2) is 5.78 Å². The van der Waals surface area contributed by atoms with Crippen LogP contribution in [-0.2, 0) is 0 Å². The molecule has 1 heterocycles. The number of carbonyl (C=O) groups excluding carboxylic acids is 1. The fourth-order valence-corrected chi connectivity index (χ4v) is 0.666. The van der Waals surface area contributed by atoms with E-state index in [4.69, 9.17) is 5.26 Å². The molecule has 0 saturated heterocycles. The van der Waals surface area contributed by atoms with Crippen LogP contribution in [-0.4, -0.2) is 10.8 Å². The lowest BCUT2D eigenvalue weighted by molar-refractivity contribution is 0.101. The van der Waals surface area contributed by atoms with E-state index in [0.29, 0.717) is 11.4 Å². The van der Waals surface area contributed by atoms with Gasteiger partial charge in [0.2, 0.25) is 0 Å². The Morgan fingerprint density at radius 1 is 1.70 bits per heavy atom. The molecule has 1 rings (SSSR count). The van der Waals surface area contributed by atoms with Crippen molar-refractivity contribution in [2.75, 3.05) is 0 Å². The number of nitrogens with zero attached hydrogens (tertiary/aromatic N) is 1. The molecular formula is C7H6N2O. The molecule has 10 heavy (non-hydrogen) atoms. The third-order valence-electron chi connectivity index (χ3n) is 1.19. The van der Waals surface area contributed by atoms with Gasteiger partial charge in [0.25, 0.3) is 0 Å². The van der Waals surface area contributed by atoms with Gasteiger partial charge in [-0.05, 0) is 12.1 Å². The zero-order valence-electron chi connectivity index (χ0n) is 5.51. The highest BCUT2D eigenvalue weighted by Crippen LogP contribution is 2.00. The van der Waals surface area contributed by atoms with Crippen molar-refractivity contribution >= 4 is 5.78 Å². The lowest BCUT2D eigenvalue weighted by Crippen LogP contribution is -1.90. The molecule has 3 nitrogen and oxygen atoms in total. The molecule has 0 radical (unpaired) electrons. The van der Waals surface area contributed by atoms with Crippen LogP contribution in [0.25, 0.3) is 0 Å². The summed E-state index contributed by atoms with van der Waals surface area (Å²) in [7, 11) is 0. The van der Waals surface area contributed by atoms with Crippen molar-refractivity contribution in [3.05, 3.63) is 23.5 Å². The molecule has 1 aromatic rings. The second kappa shape index (κ2) is 2.36. The molecule has 0 atom stereocenters. The molecule has 1 N–H and O–H groups in total. The van der Waals surface area contributed by atoms with Crippen LogP contribution < -0.4 is 0 Å². The van der Waals surface area contributed by atoms with Crippen molar-refractivity contribution in [3.63, 3.8) is 0 Å². The van der Waals surface area contributed by atoms with Crippen LogP contribution in [0.1, 0.15) is 23.1 Å². The SMILES string of the molecule is CC(=O)c1ccc(C#N)[nH]1. The van der Waals surface area contributed by atoms with E-state index in [-0.39, 0.29) is 5.78 Å². The predicted molar refractivity (Wildman–Crippen MR) is 35.5 cm³/mol. The minimum atomic E-state index is -0.0542. The first kappa shape index (κ1) is 6.56. The number of hydrogen-bond acceptors (Lipinski definition) is 2. The highest BCUT2D eigenvalue weighted by molar-refractivity contribution is 5.92. The van der Waals surface area contributed by atoms with Crippen LogP contribution in [0.5, 0.6) is 0 Å². The molecule has 0 aliphatic heterocycles. The van der Waals surface area contributed by atoms with Gasteiger partial charge in [0.1, 0.15) is 11.8 Å². The highest BCUT2D eigenvalue weighted by Gasteiger charge is 2.00. The molecule has 3 heteroatoms. The van der Waals surface area contributed by atoms with E-state index in [0.717, 1.165) is 0 Å².